The molecule has 0 heterocycles. The third-order valence-electron chi connectivity index (χ3n) is 1.84. The van der Waals surface area contributed by atoms with E-state index in [9.17, 15) is 8.42 Å². The molecule has 1 aromatic carbocycles. The second-order valence-electron chi connectivity index (χ2n) is 3.33. The minimum atomic E-state index is -3.25. The van der Waals surface area contributed by atoms with Gasteiger partial charge in [0.1, 0.15) is 0 Å². The molecular formula is C10H14ClNO2S. The van der Waals surface area contributed by atoms with Gasteiger partial charge in [0.05, 0.1) is 5.75 Å². The van der Waals surface area contributed by atoms with Gasteiger partial charge in [-0.15, -0.1) is 11.6 Å². The smallest absolute Gasteiger partial charge is 0.232 e. The third-order valence-corrected chi connectivity index (χ3v) is 3.48. The van der Waals surface area contributed by atoms with Crippen LogP contribution in [0, 0.1) is 6.92 Å². The summed E-state index contributed by atoms with van der Waals surface area (Å²) in [6, 6.07) is 7.24. The summed E-state index contributed by atoms with van der Waals surface area (Å²) >= 11 is 5.44. The molecule has 0 saturated heterocycles. The number of benzene rings is 1. The first kappa shape index (κ1) is 12.3. The van der Waals surface area contributed by atoms with E-state index in [1.165, 1.54) is 0 Å². The molecule has 0 aliphatic carbocycles. The van der Waals surface area contributed by atoms with Gasteiger partial charge in [-0.2, -0.15) is 0 Å². The zero-order valence-corrected chi connectivity index (χ0v) is 10.1. The number of hydrogen-bond donors (Lipinski definition) is 1. The number of alkyl halides is 1. The number of nitrogens with one attached hydrogen (secondary N) is 1. The summed E-state index contributed by atoms with van der Waals surface area (Å²) < 4.78 is 25.5. The second kappa shape index (κ2) is 5.37. The highest BCUT2D eigenvalue weighted by molar-refractivity contribution is 7.92. The lowest BCUT2D eigenvalue weighted by Gasteiger charge is -2.07. The minimum absolute atomic E-state index is 0.0600. The van der Waals surface area contributed by atoms with Crippen LogP contribution in [-0.4, -0.2) is 20.1 Å². The zero-order valence-electron chi connectivity index (χ0n) is 8.53. The van der Waals surface area contributed by atoms with Crippen LogP contribution < -0.4 is 4.72 Å². The van der Waals surface area contributed by atoms with Crippen molar-refractivity contribution in [1.29, 1.82) is 0 Å². The van der Waals surface area contributed by atoms with Crippen molar-refractivity contribution in [2.75, 3.05) is 16.4 Å². The van der Waals surface area contributed by atoms with Crippen LogP contribution in [0.1, 0.15) is 12.0 Å². The Bertz CT molecular complexity index is 417. The maximum absolute atomic E-state index is 11.5. The molecule has 0 radical (unpaired) electrons. The van der Waals surface area contributed by atoms with Gasteiger partial charge in [-0.3, -0.25) is 4.72 Å². The average molecular weight is 248 g/mol. The highest BCUT2D eigenvalue weighted by atomic mass is 35.5. The second-order valence-corrected chi connectivity index (χ2v) is 5.55. The minimum Gasteiger partial charge on any atom is -0.284 e. The van der Waals surface area contributed by atoms with Crippen molar-refractivity contribution in [3.8, 4) is 0 Å². The van der Waals surface area contributed by atoms with Gasteiger partial charge in [0.15, 0.2) is 0 Å². The van der Waals surface area contributed by atoms with Gasteiger partial charge in [-0.1, -0.05) is 12.1 Å². The lowest BCUT2D eigenvalue weighted by molar-refractivity contribution is 0.600. The Morgan fingerprint density at radius 3 is 2.73 bits per heavy atom. The van der Waals surface area contributed by atoms with Crippen molar-refractivity contribution < 1.29 is 8.42 Å². The van der Waals surface area contributed by atoms with Crippen molar-refractivity contribution in [2.24, 2.45) is 0 Å². The molecule has 0 fully saturated rings. The fourth-order valence-electron chi connectivity index (χ4n) is 1.18. The molecule has 0 saturated carbocycles. The summed E-state index contributed by atoms with van der Waals surface area (Å²) in [6.07, 6.45) is 0.461. The summed E-state index contributed by atoms with van der Waals surface area (Å²) in [7, 11) is -3.25. The van der Waals surface area contributed by atoms with Crippen LogP contribution in [0.5, 0.6) is 0 Å². The predicted octanol–water partition coefficient (Wildman–Crippen LogP) is 2.37. The Morgan fingerprint density at radius 1 is 1.40 bits per heavy atom. The number of aryl methyl sites for hydroxylation is 1. The standard InChI is InChI=1S/C10H14ClNO2S/c1-9-4-2-5-10(8-9)12-15(13,14)7-3-6-11/h2,4-5,8,12H,3,6-7H2,1H3. The average Bonchev–Trinajstić information content (AvgIpc) is 2.14. The fraction of sp³-hybridized carbons (Fsp3) is 0.400. The number of hydrogen-bond acceptors (Lipinski definition) is 2. The van der Waals surface area contributed by atoms with Crippen LogP contribution in [0.2, 0.25) is 0 Å². The van der Waals surface area contributed by atoms with E-state index in [1.807, 2.05) is 19.1 Å². The van der Waals surface area contributed by atoms with Crippen LogP contribution in [0.15, 0.2) is 24.3 Å². The van der Waals surface area contributed by atoms with Gasteiger partial charge in [-0.25, -0.2) is 8.42 Å². The third kappa shape index (κ3) is 4.53. The molecule has 15 heavy (non-hydrogen) atoms. The van der Waals surface area contributed by atoms with Crippen molar-refractivity contribution in [2.45, 2.75) is 13.3 Å². The Kier molecular flexibility index (Phi) is 4.42. The molecule has 84 valence electrons. The van der Waals surface area contributed by atoms with Gasteiger partial charge in [0, 0.05) is 11.6 Å². The molecule has 0 amide bonds. The molecule has 5 heteroatoms. The number of anilines is 1. The van der Waals surface area contributed by atoms with E-state index < -0.39 is 10.0 Å². The first-order valence-corrected chi connectivity index (χ1v) is 6.85. The lowest BCUT2D eigenvalue weighted by Crippen LogP contribution is -2.16. The predicted molar refractivity (Wildman–Crippen MR) is 63.9 cm³/mol. The van der Waals surface area contributed by atoms with Crippen LogP contribution >= 0.6 is 11.6 Å². The number of halogens is 1. The van der Waals surface area contributed by atoms with Gasteiger partial charge in [-0.05, 0) is 31.0 Å². The summed E-state index contributed by atoms with van der Waals surface area (Å²) in [4.78, 5) is 0. The molecule has 1 N–H and O–H groups in total. The normalized spacial score (nSPS) is 11.3. The fourth-order valence-corrected chi connectivity index (χ4v) is 2.59. The van der Waals surface area contributed by atoms with Gasteiger partial charge < -0.3 is 0 Å². The number of rotatable bonds is 5. The molecule has 0 aliphatic rings. The van der Waals surface area contributed by atoms with E-state index in [-0.39, 0.29) is 5.75 Å². The molecular weight excluding hydrogens is 234 g/mol. The molecule has 1 aromatic rings. The quantitative estimate of drug-likeness (QED) is 0.812. The SMILES string of the molecule is Cc1cccc(NS(=O)(=O)CCCCl)c1. The molecule has 0 atom stereocenters. The molecule has 3 nitrogen and oxygen atoms in total. The van der Waals surface area contributed by atoms with E-state index in [2.05, 4.69) is 4.72 Å². The molecule has 0 aliphatic heterocycles. The van der Waals surface area contributed by atoms with E-state index >= 15 is 0 Å². The Balaban J connectivity index is 2.69. The Hall–Kier alpha value is -0.740. The highest BCUT2D eigenvalue weighted by Gasteiger charge is 2.09. The van der Waals surface area contributed by atoms with Crippen molar-refractivity contribution in [1.82, 2.24) is 0 Å². The molecule has 0 aromatic heterocycles. The highest BCUT2D eigenvalue weighted by Crippen LogP contribution is 2.11. The monoisotopic (exact) mass is 247 g/mol. The summed E-state index contributed by atoms with van der Waals surface area (Å²) in [5.74, 6) is 0.416. The number of sulfonamides is 1. The van der Waals surface area contributed by atoms with E-state index in [1.54, 1.807) is 12.1 Å². The summed E-state index contributed by atoms with van der Waals surface area (Å²) in [5.41, 5.74) is 1.62. The first-order valence-electron chi connectivity index (χ1n) is 4.66. The largest absolute Gasteiger partial charge is 0.284 e. The molecule has 1 rings (SSSR count). The van der Waals surface area contributed by atoms with Crippen LogP contribution in [0.4, 0.5) is 5.69 Å². The van der Waals surface area contributed by atoms with Crippen molar-refractivity contribution in [3.05, 3.63) is 29.8 Å². The Labute approximate surface area is 95.5 Å². The van der Waals surface area contributed by atoms with E-state index in [4.69, 9.17) is 11.6 Å². The summed E-state index contributed by atoms with van der Waals surface area (Å²) in [6.45, 7) is 1.91. The molecule has 0 unspecified atom stereocenters. The summed E-state index contributed by atoms with van der Waals surface area (Å²) in [5, 5.41) is 0. The van der Waals surface area contributed by atoms with Crippen molar-refractivity contribution in [3.63, 3.8) is 0 Å². The Morgan fingerprint density at radius 2 is 2.13 bits per heavy atom. The van der Waals surface area contributed by atoms with Gasteiger partial charge in [0.25, 0.3) is 0 Å². The first-order chi connectivity index (χ1) is 7.03. The maximum atomic E-state index is 11.5. The molecule has 0 spiro atoms. The van der Waals surface area contributed by atoms with E-state index in [0.29, 0.717) is 18.0 Å². The zero-order chi connectivity index (χ0) is 11.3. The topological polar surface area (TPSA) is 46.2 Å². The van der Waals surface area contributed by atoms with Gasteiger partial charge in [0.2, 0.25) is 10.0 Å². The van der Waals surface area contributed by atoms with Crippen LogP contribution in [-0.2, 0) is 10.0 Å². The van der Waals surface area contributed by atoms with Crippen LogP contribution in [0.25, 0.3) is 0 Å². The van der Waals surface area contributed by atoms with Gasteiger partial charge >= 0.3 is 0 Å². The van der Waals surface area contributed by atoms with E-state index in [0.717, 1.165) is 5.56 Å². The van der Waals surface area contributed by atoms with Crippen molar-refractivity contribution >= 4 is 27.3 Å². The van der Waals surface area contributed by atoms with Crippen LogP contribution in [0.3, 0.4) is 0 Å². The molecule has 0 bridgehead atoms. The lowest BCUT2D eigenvalue weighted by atomic mass is 10.2. The maximum Gasteiger partial charge on any atom is 0.232 e.